The number of nitrogens with zero attached hydrogens (tertiary/aromatic N) is 2. The van der Waals surface area contributed by atoms with Crippen molar-refractivity contribution in [3.05, 3.63) is 69.3 Å². The quantitative estimate of drug-likeness (QED) is 0.477. The van der Waals surface area contributed by atoms with E-state index in [2.05, 4.69) is 30.0 Å². The zero-order valence-electron chi connectivity index (χ0n) is 13.7. The number of hydrogen-bond donors (Lipinski definition) is 0. The van der Waals surface area contributed by atoms with Gasteiger partial charge in [0.2, 0.25) is 0 Å². The second kappa shape index (κ2) is 6.83. The van der Waals surface area contributed by atoms with Crippen LogP contribution in [0.3, 0.4) is 0 Å². The van der Waals surface area contributed by atoms with E-state index in [-0.39, 0.29) is 11.5 Å². The number of non-ortho nitro benzene ring substituents is 1. The molecular formula is C19H20N2O3. The summed E-state index contributed by atoms with van der Waals surface area (Å²) >= 11 is 0. The van der Waals surface area contributed by atoms with Gasteiger partial charge in [-0.3, -0.25) is 14.9 Å². The highest BCUT2D eigenvalue weighted by molar-refractivity contribution is 5.99. The van der Waals surface area contributed by atoms with Crippen LogP contribution in [-0.2, 0) is 12.8 Å². The molecule has 0 spiro atoms. The second-order valence-electron chi connectivity index (χ2n) is 6.07. The number of carbonyl (C=O) groups excluding carboxylic acids is 1. The molecule has 0 fully saturated rings. The van der Waals surface area contributed by atoms with Crippen LogP contribution in [0.4, 0.5) is 11.4 Å². The minimum absolute atomic E-state index is 0.00182. The van der Waals surface area contributed by atoms with E-state index in [9.17, 15) is 14.9 Å². The summed E-state index contributed by atoms with van der Waals surface area (Å²) in [6.07, 6.45) is 3.09. The van der Waals surface area contributed by atoms with E-state index in [4.69, 9.17) is 0 Å². The SMILES string of the molecule is CCc1ccc2c(c1)CCCN2CC(=O)c1ccc([N+](=O)[O-])cc1. The molecule has 5 nitrogen and oxygen atoms in total. The molecular weight excluding hydrogens is 304 g/mol. The van der Waals surface area contributed by atoms with Crippen LogP contribution in [0.15, 0.2) is 42.5 Å². The Morgan fingerprint density at radius 3 is 2.62 bits per heavy atom. The number of ketones is 1. The normalized spacial score (nSPS) is 13.5. The third-order valence-corrected chi connectivity index (χ3v) is 4.50. The van der Waals surface area contributed by atoms with Crippen LogP contribution in [0.1, 0.15) is 34.8 Å². The third kappa shape index (κ3) is 3.30. The lowest BCUT2D eigenvalue weighted by molar-refractivity contribution is -0.384. The molecule has 124 valence electrons. The Morgan fingerprint density at radius 1 is 1.21 bits per heavy atom. The molecule has 0 unspecified atom stereocenters. The van der Waals surface area contributed by atoms with Crippen molar-refractivity contribution < 1.29 is 9.72 Å². The summed E-state index contributed by atoms with van der Waals surface area (Å²) in [4.78, 5) is 24.9. The van der Waals surface area contributed by atoms with Crippen molar-refractivity contribution in [1.29, 1.82) is 0 Å². The first-order valence-corrected chi connectivity index (χ1v) is 8.23. The van der Waals surface area contributed by atoms with Crippen molar-refractivity contribution in [2.75, 3.05) is 18.0 Å². The maximum absolute atomic E-state index is 12.5. The molecule has 2 aromatic carbocycles. The maximum atomic E-state index is 12.5. The van der Waals surface area contributed by atoms with Crippen LogP contribution < -0.4 is 4.90 Å². The van der Waals surface area contributed by atoms with E-state index in [0.29, 0.717) is 12.1 Å². The van der Waals surface area contributed by atoms with E-state index >= 15 is 0 Å². The molecule has 0 radical (unpaired) electrons. The number of anilines is 1. The van der Waals surface area contributed by atoms with Crippen molar-refractivity contribution >= 4 is 17.2 Å². The van der Waals surface area contributed by atoms with Crippen molar-refractivity contribution in [3.63, 3.8) is 0 Å². The number of Topliss-reactive ketones (excluding diaryl/α,β-unsaturated/α-hetero) is 1. The predicted molar refractivity (Wildman–Crippen MR) is 93.8 cm³/mol. The Balaban J connectivity index is 1.77. The summed E-state index contributed by atoms with van der Waals surface area (Å²) in [5, 5.41) is 10.7. The lowest BCUT2D eigenvalue weighted by Gasteiger charge is -2.31. The summed E-state index contributed by atoms with van der Waals surface area (Å²) in [7, 11) is 0. The van der Waals surface area contributed by atoms with Crippen LogP contribution in [-0.4, -0.2) is 23.8 Å². The average Bonchev–Trinajstić information content (AvgIpc) is 2.61. The number of rotatable bonds is 5. The van der Waals surface area contributed by atoms with Gasteiger partial charge in [-0.25, -0.2) is 0 Å². The van der Waals surface area contributed by atoms with Gasteiger partial charge in [0.05, 0.1) is 11.5 Å². The molecule has 0 amide bonds. The van der Waals surface area contributed by atoms with Crippen LogP contribution in [0.25, 0.3) is 0 Å². The molecule has 1 aliphatic heterocycles. The van der Waals surface area contributed by atoms with Gasteiger partial charge in [0.25, 0.3) is 5.69 Å². The van der Waals surface area contributed by atoms with E-state index in [1.54, 1.807) is 0 Å². The molecule has 0 atom stereocenters. The van der Waals surface area contributed by atoms with Crippen molar-refractivity contribution in [3.8, 4) is 0 Å². The number of hydrogen-bond acceptors (Lipinski definition) is 4. The van der Waals surface area contributed by atoms with E-state index in [1.165, 1.54) is 35.4 Å². The topological polar surface area (TPSA) is 63.5 Å². The Bertz CT molecular complexity index is 769. The maximum Gasteiger partial charge on any atom is 0.269 e. The first kappa shape index (κ1) is 16.2. The minimum atomic E-state index is -0.458. The Kier molecular flexibility index (Phi) is 4.60. The number of nitro benzene ring substituents is 1. The monoisotopic (exact) mass is 324 g/mol. The second-order valence-corrected chi connectivity index (χ2v) is 6.07. The standard InChI is InChI=1S/C19H20N2O3/c1-2-14-5-10-18-16(12-14)4-3-11-20(18)13-19(22)15-6-8-17(9-7-15)21(23)24/h5-10,12H,2-4,11,13H2,1H3. The smallest absolute Gasteiger partial charge is 0.269 e. The average molecular weight is 324 g/mol. The van der Waals surface area contributed by atoms with E-state index in [0.717, 1.165) is 31.5 Å². The lowest BCUT2D eigenvalue weighted by atomic mass is 9.97. The molecule has 0 saturated heterocycles. The van der Waals surface area contributed by atoms with Crippen molar-refractivity contribution in [1.82, 2.24) is 0 Å². The highest BCUT2D eigenvalue weighted by Gasteiger charge is 2.20. The molecule has 0 N–H and O–H groups in total. The van der Waals surface area contributed by atoms with E-state index < -0.39 is 4.92 Å². The van der Waals surface area contributed by atoms with Gasteiger partial charge >= 0.3 is 0 Å². The molecule has 5 heteroatoms. The largest absolute Gasteiger partial charge is 0.364 e. The van der Waals surface area contributed by atoms with Gasteiger partial charge in [0, 0.05) is 29.9 Å². The van der Waals surface area contributed by atoms with Gasteiger partial charge in [0.1, 0.15) is 0 Å². The summed E-state index contributed by atoms with van der Waals surface area (Å²) < 4.78 is 0. The van der Waals surface area contributed by atoms with E-state index in [1.807, 2.05) is 0 Å². The zero-order valence-corrected chi connectivity index (χ0v) is 13.7. The number of benzene rings is 2. The predicted octanol–water partition coefficient (Wildman–Crippen LogP) is 3.79. The molecule has 0 aliphatic carbocycles. The fourth-order valence-electron chi connectivity index (χ4n) is 3.15. The molecule has 1 aliphatic rings. The summed E-state index contributed by atoms with van der Waals surface area (Å²) in [6.45, 7) is 3.30. The van der Waals surface area contributed by atoms with Gasteiger partial charge in [-0.15, -0.1) is 0 Å². The number of fused-ring (bicyclic) bond motifs is 1. The molecule has 1 heterocycles. The summed E-state index contributed by atoms with van der Waals surface area (Å²) in [5.41, 5.74) is 4.27. The van der Waals surface area contributed by atoms with Gasteiger partial charge in [-0.2, -0.15) is 0 Å². The number of aryl methyl sites for hydroxylation is 2. The Morgan fingerprint density at radius 2 is 1.96 bits per heavy atom. The van der Waals surface area contributed by atoms with Crippen LogP contribution in [0.5, 0.6) is 0 Å². The van der Waals surface area contributed by atoms with Gasteiger partial charge in [-0.1, -0.05) is 19.1 Å². The molecule has 24 heavy (non-hydrogen) atoms. The summed E-state index contributed by atoms with van der Waals surface area (Å²) in [6, 6.07) is 12.3. The van der Waals surface area contributed by atoms with Crippen LogP contribution in [0, 0.1) is 10.1 Å². The number of nitro groups is 1. The molecule has 2 aromatic rings. The van der Waals surface area contributed by atoms with Gasteiger partial charge < -0.3 is 4.90 Å². The van der Waals surface area contributed by atoms with Crippen LogP contribution in [0.2, 0.25) is 0 Å². The van der Waals surface area contributed by atoms with Gasteiger partial charge in [-0.05, 0) is 48.6 Å². The fraction of sp³-hybridized carbons (Fsp3) is 0.316. The summed E-state index contributed by atoms with van der Waals surface area (Å²) in [5.74, 6) is -0.0164. The van der Waals surface area contributed by atoms with Crippen molar-refractivity contribution in [2.45, 2.75) is 26.2 Å². The number of carbonyl (C=O) groups is 1. The highest BCUT2D eigenvalue weighted by atomic mass is 16.6. The highest BCUT2D eigenvalue weighted by Crippen LogP contribution is 2.28. The van der Waals surface area contributed by atoms with Crippen LogP contribution >= 0.6 is 0 Å². The fourth-order valence-corrected chi connectivity index (χ4v) is 3.15. The zero-order chi connectivity index (χ0) is 17.1. The lowest BCUT2D eigenvalue weighted by Crippen LogP contribution is -2.34. The first-order chi connectivity index (χ1) is 11.6. The Labute approximate surface area is 141 Å². The Hall–Kier alpha value is -2.69. The molecule has 0 bridgehead atoms. The molecule has 0 saturated carbocycles. The van der Waals surface area contributed by atoms with Crippen molar-refractivity contribution in [2.24, 2.45) is 0 Å². The minimum Gasteiger partial charge on any atom is -0.364 e. The van der Waals surface area contributed by atoms with Gasteiger partial charge in [0.15, 0.2) is 5.78 Å². The third-order valence-electron chi connectivity index (χ3n) is 4.50. The molecule has 0 aromatic heterocycles. The first-order valence-electron chi connectivity index (χ1n) is 8.23. The molecule has 3 rings (SSSR count).